The van der Waals surface area contributed by atoms with Gasteiger partial charge in [0.2, 0.25) is 0 Å². The largest absolute Gasteiger partial charge is 0.314 e. The Morgan fingerprint density at radius 1 is 0.702 bits per heavy atom. The van der Waals surface area contributed by atoms with Crippen LogP contribution in [0.2, 0.25) is 0 Å². The predicted octanol–water partition coefficient (Wildman–Crippen LogP) is 14.6. The molecule has 3 aliphatic rings. The first kappa shape index (κ1) is 35.1. The summed E-state index contributed by atoms with van der Waals surface area (Å²) in [4.78, 5) is 2.56. The highest BCUT2D eigenvalue weighted by molar-refractivity contribution is 6.10. The molecular formula is C55H48N2. The van der Waals surface area contributed by atoms with Crippen LogP contribution >= 0.6 is 0 Å². The van der Waals surface area contributed by atoms with Gasteiger partial charge in [0.1, 0.15) is 0 Å². The fourth-order valence-electron chi connectivity index (χ4n) is 9.74. The van der Waals surface area contributed by atoms with Gasteiger partial charge in [-0.05, 0) is 100 Å². The standard InChI is InChI=1S/C55H48N2/c1-4-16-42(33-29-41-37-55(2,3)51-25-14-12-21-46(41)51)56(54-36-40-17-8-9-20-45(40)47-22-10-11-23-48(47)54)44-31-27-38(28-32-44)39-30-34-53-50(35-39)49-24-13-15-26-52(49)57(53)43-18-6-5-7-19-43/h5-15,17-36,40,45H,4,16,37H2,1-3H3/b41-29+,42-33+. The Labute approximate surface area is 337 Å². The highest BCUT2D eigenvalue weighted by atomic mass is 15.2. The zero-order valence-corrected chi connectivity index (χ0v) is 33.1. The van der Waals surface area contributed by atoms with Gasteiger partial charge in [-0.15, -0.1) is 0 Å². The Hall–Kier alpha value is -6.38. The molecule has 1 heterocycles. The predicted molar refractivity (Wildman–Crippen MR) is 243 cm³/mol. The topological polar surface area (TPSA) is 8.17 Å². The van der Waals surface area contributed by atoms with Crippen LogP contribution < -0.4 is 4.90 Å². The molecule has 2 heteroatoms. The second-order valence-electron chi connectivity index (χ2n) is 16.5. The fourth-order valence-corrected chi connectivity index (χ4v) is 9.74. The van der Waals surface area contributed by atoms with Crippen LogP contribution in [0.3, 0.4) is 0 Å². The summed E-state index contributed by atoms with van der Waals surface area (Å²) in [6, 6.07) is 53.8. The molecule has 1 aromatic heterocycles. The monoisotopic (exact) mass is 736 g/mol. The third-order valence-corrected chi connectivity index (χ3v) is 12.4. The lowest BCUT2D eigenvalue weighted by molar-refractivity contribution is 0.563. The van der Waals surface area contributed by atoms with E-state index in [1.807, 2.05) is 0 Å². The van der Waals surface area contributed by atoms with Gasteiger partial charge in [0.15, 0.2) is 0 Å². The van der Waals surface area contributed by atoms with Crippen molar-refractivity contribution >= 4 is 38.8 Å². The number of nitrogens with zero attached hydrogens (tertiary/aromatic N) is 2. The summed E-state index contributed by atoms with van der Waals surface area (Å²) in [5, 5.41) is 2.54. The van der Waals surface area contributed by atoms with Crippen LogP contribution in [0.25, 0.3) is 49.9 Å². The summed E-state index contributed by atoms with van der Waals surface area (Å²) in [7, 11) is 0. The lowest BCUT2D eigenvalue weighted by Crippen LogP contribution is -2.27. The van der Waals surface area contributed by atoms with Crippen LogP contribution in [-0.4, -0.2) is 4.57 Å². The van der Waals surface area contributed by atoms with Crippen LogP contribution in [0.5, 0.6) is 0 Å². The van der Waals surface area contributed by atoms with Crippen molar-refractivity contribution in [2.45, 2.75) is 51.4 Å². The van der Waals surface area contributed by atoms with Crippen LogP contribution in [0.15, 0.2) is 194 Å². The summed E-state index contributed by atoms with van der Waals surface area (Å²) in [6.45, 7) is 7.06. The van der Waals surface area contributed by atoms with Gasteiger partial charge in [-0.2, -0.15) is 0 Å². The van der Waals surface area contributed by atoms with Gasteiger partial charge < -0.3 is 9.47 Å². The zero-order valence-electron chi connectivity index (χ0n) is 33.1. The van der Waals surface area contributed by atoms with E-state index >= 15 is 0 Å². The van der Waals surface area contributed by atoms with Crippen LogP contribution in [0, 0.1) is 5.92 Å². The molecule has 7 aromatic rings. The van der Waals surface area contributed by atoms with E-state index in [9.17, 15) is 0 Å². The molecular weight excluding hydrogens is 689 g/mol. The Morgan fingerprint density at radius 2 is 1.40 bits per heavy atom. The quantitative estimate of drug-likeness (QED) is 0.151. The fraction of sp³-hybridized carbons (Fsp3) is 0.164. The summed E-state index contributed by atoms with van der Waals surface area (Å²) in [5.74, 6) is 0.648. The second kappa shape index (κ2) is 14.3. The molecule has 6 aromatic carbocycles. The Morgan fingerprint density at radius 3 is 2.25 bits per heavy atom. The highest BCUT2D eigenvalue weighted by Gasteiger charge is 2.33. The molecule has 0 fully saturated rings. The van der Waals surface area contributed by atoms with E-state index in [-0.39, 0.29) is 5.41 Å². The number of hydrogen-bond acceptors (Lipinski definition) is 1. The van der Waals surface area contributed by atoms with Gasteiger partial charge in [-0.3, -0.25) is 0 Å². The number of aromatic nitrogens is 1. The van der Waals surface area contributed by atoms with Gasteiger partial charge in [-0.25, -0.2) is 0 Å². The van der Waals surface area contributed by atoms with Crippen LogP contribution in [0.4, 0.5) is 5.69 Å². The van der Waals surface area contributed by atoms with Gasteiger partial charge in [-0.1, -0.05) is 167 Å². The van der Waals surface area contributed by atoms with Gasteiger partial charge in [0.05, 0.1) is 11.0 Å². The molecule has 2 nitrogen and oxygen atoms in total. The van der Waals surface area contributed by atoms with E-state index in [1.165, 1.54) is 83.5 Å². The molecule has 10 rings (SSSR count). The highest BCUT2D eigenvalue weighted by Crippen LogP contribution is 2.47. The third-order valence-electron chi connectivity index (χ3n) is 12.4. The molecule has 0 aliphatic heterocycles. The molecule has 0 saturated heterocycles. The second-order valence-corrected chi connectivity index (χ2v) is 16.5. The van der Waals surface area contributed by atoms with Crippen molar-refractivity contribution in [2.24, 2.45) is 5.92 Å². The van der Waals surface area contributed by atoms with Crippen LogP contribution in [0.1, 0.15) is 68.2 Å². The summed E-state index contributed by atoms with van der Waals surface area (Å²) < 4.78 is 2.38. The van der Waals surface area contributed by atoms with E-state index in [2.05, 4.69) is 218 Å². The summed E-state index contributed by atoms with van der Waals surface area (Å²) in [5.41, 5.74) is 16.9. The molecule has 2 atom stereocenters. The van der Waals surface area contributed by atoms with E-state index in [0.717, 1.165) is 19.3 Å². The Balaban J connectivity index is 1.10. The van der Waals surface area contributed by atoms with E-state index in [0.29, 0.717) is 11.8 Å². The lowest BCUT2D eigenvalue weighted by Gasteiger charge is -2.37. The molecule has 2 unspecified atom stereocenters. The number of hydrogen-bond donors (Lipinski definition) is 0. The Bertz CT molecular complexity index is 2800. The van der Waals surface area contributed by atoms with E-state index in [4.69, 9.17) is 0 Å². The minimum Gasteiger partial charge on any atom is -0.314 e. The van der Waals surface area contributed by atoms with Crippen LogP contribution in [-0.2, 0) is 5.41 Å². The average Bonchev–Trinajstić information content (AvgIpc) is 3.73. The molecule has 0 saturated carbocycles. The summed E-state index contributed by atoms with van der Waals surface area (Å²) >= 11 is 0. The zero-order chi connectivity index (χ0) is 38.5. The van der Waals surface area contributed by atoms with Crippen molar-refractivity contribution < 1.29 is 0 Å². The number of para-hydroxylation sites is 2. The first-order chi connectivity index (χ1) is 28.0. The first-order valence-corrected chi connectivity index (χ1v) is 20.6. The molecule has 3 aliphatic carbocycles. The minimum absolute atomic E-state index is 0.122. The van der Waals surface area contributed by atoms with E-state index in [1.54, 1.807) is 0 Å². The maximum Gasteiger partial charge on any atom is 0.0541 e. The van der Waals surface area contributed by atoms with Crippen molar-refractivity contribution in [3.63, 3.8) is 0 Å². The third kappa shape index (κ3) is 6.12. The molecule has 0 bridgehead atoms. The maximum absolute atomic E-state index is 2.56. The van der Waals surface area contributed by atoms with Gasteiger partial charge in [0, 0.05) is 50.9 Å². The average molecular weight is 737 g/mol. The first-order valence-electron chi connectivity index (χ1n) is 20.6. The molecule has 0 amide bonds. The summed E-state index contributed by atoms with van der Waals surface area (Å²) in [6.07, 6.45) is 19.6. The number of rotatable bonds is 8. The Kier molecular flexibility index (Phi) is 8.79. The molecule has 57 heavy (non-hydrogen) atoms. The maximum atomic E-state index is 2.56. The van der Waals surface area contributed by atoms with Crippen molar-refractivity contribution in [3.05, 3.63) is 216 Å². The van der Waals surface area contributed by atoms with Crippen molar-refractivity contribution in [2.75, 3.05) is 4.90 Å². The van der Waals surface area contributed by atoms with Gasteiger partial charge in [0.25, 0.3) is 0 Å². The van der Waals surface area contributed by atoms with Crippen molar-refractivity contribution in [1.82, 2.24) is 4.57 Å². The van der Waals surface area contributed by atoms with Gasteiger partial charge >= 0.3 is 0 Å². The number of allylic oxidation sites excluding steroid dienone is 9. The SMILES string of the molecule is CCC/C(=C\C=C1/CC(C)(C)c2ccccc21)N(C1=CC2C=CC=CC2c2ccccc21)c1ccc(-c2ccc3c(c2)c2ccccc2n3-c2ccccc2)cc1. The smallest absolute Gasteiger partial charge is 0.0541 e. The number of anilines is 1. The lowest BCUT2D eigenvalue weighted by atomic mass is 9.75. The van der Waals surface area contributed by atoms with E-state index < -0.39 is 0 Å². The molecule has 0 spiro atoms. The number of fused-ring (bicyclic) bond motifs is 7. The van der Waals surface area contributed by atoms with Crippen molar-refractivity contribution in [3.8, 4) is 16.8 Å². The molecule has 278 valence electrons. The normalized spacial score (nSPS) is 18.8. The minimum atomic E-state index is 0.122. The number of benzene rings is 6. The molecule has 0 N–H and O–H groups in total. The van der Waals surface area contributed by atoms with Crippen molar-refractivity contribution in [1.29, 1.82) is 0 Å². The molecule has 0 radical (unpaired) electrons.